The summed E-state index contributed by atoms with van der Waals surface area (Å²) in [4.78, 5) is 57.5. The van der Waals surface area contributed by atoms with Gasteiger partial charge in [-0.2, -0.15) is 0 Å². The van der Waals surface area contributed by atoms with Gasteiger partial charge in [0.1, 0.15) is 18.6 Å². The van der Waals surface area contributed by atoms with Crippen molar-refractivity contribution >= 4 is 29.7 Å². The predicted octanol–water partition coefficient (Wildman–Crippen LogP) is -3.92. The summed E-state index contributed by atoms with van der Waals surface area (Å²) in [7, 11) is 0. The van der Waals surface area contributed by atoms with E-state index in [0.29, 0.717) is 19.4 Å². The molecule has 0 radical (unpaired) electrons. The van der Waals surface area contributed by atoms with Gasteiger partial charge in [-0.25, -0.2) is 0 Å². The van der Waals surface area contributed by atoms with Crippen LogP contribution in [0.4, 0.5) is 0 Å². The third-order valence-corrected chi connectivity index (χ3v) is 3.55. The Bertz CT molecular complexity index is 571. The fourth-order valence-corrected chi connectivity index (χ4v) is 2.05. The number of carbonyl (C=O) groups is 5. The first-order chi connectivity index (χ1) is 13.1. The molecule has 28 heavy (non-hydrogen) atoms. The zero-order valence-corrected chi connectivity index (χ0v) is 15.2. The van der Waals surface area contributed by atoms with Gasteiger partial charge in [0, 0.05) is 0 Å². The first-order valence-corrected chi connectivity index (χ1v) is 8.50. The van der Waals surface area contributed by atoms with Gasteiger partial charge in [-0.15, -0.1) is 0 Å². The van der Waals surface area contributed by atoms with Crippen LogP contribution in [0, 0.1) is 0 Å². The summed E-state index contributed by atoms with van der Waals surface area (Å²) in [5, 5.41) is 32.9. The van der Waals surface area contributed by atoms with E-state index in [0.717, 1.165) is 0 Å². The van der Waals surface area contributed by atoms with Crippen LogP contribution in [-0.2, 0) is 24.0 Å². The highest BCUT2D eigenvalue weighted by molar-refractivity contribution is 5.95. The monoisotopic (exact) mass is 405 g/mol. The quantitative estimate of drug-likeness (QED) is 0.131. The molecule has 0 saturated carbocycles. The molecule has 3 unspecified atom stereocenters. The van der Waals surface area contributed by atoms with Crippen molar-refractivity contribution in [2.45, 2.75) is 43.8 Å². The molecule has 0 fully saturated rings. The number of aliphatic hydroxyl groups excluding tert-OH is 1. The van der Waals surface area contributed by atoms with Crippen LogP contribution < -0.4 is 27.4 Å². The smallest absolute Gasteiger partial charge is 0.322 e. The highest BCUT2D eigenvalue weighted by Crippen LogP contribution is 2.01. The zero-order valence-electron chi connectivity index (χ0n) is 15.2. The number of unbranched alkanes of at least 4 members (excludes halogenated alkanes) is 1. The van der Waals surface area contributed by atoms with Crippen molar-refractivity contribution in [1.82, 2.24) is 16.0 Å². The number of carbonyl (C=O) groups excluding carboxylic acids is 3. The number of hydrogen-bond donors (Lipinski definition) is 8. The van der Waals surface area contributed by atoms with E-state index in [1.54, 1.807) is 0 Å². The number of nitrogens with two attached hydrogens (primary N) is 2. The van der Waals surface area contributed by atoms with E-state index in [-0.39, 0.29) is 6.42 Å². The minimum atomic E-state index is -1.55. The molecule has 0 aliphatic carbocycles. The van der Waals surface area contributed by atoms with E-state index < -0.39 is 67.4 Å². The predicted molar refractivity (Wildman–Crippen MR) is 94.7 cm³/mol. The molecule has 0 aromatic heterocycles. The lowest BCUT2D eigenvalue weighted by molar-refractivity contribution is -0.142. The van der Waals surface area contributed by atoms with Crippen LogP contribution >= 0.6 is 0 Å². The first kappa shape index (κ1) is 25.2. The minimum Gasteiger partial charge on any atom is -0.481 e. The molecule has 0 spiro atoms. The Morgan fingerprint density at radius 3 is 1.96 bits per heavy atom. The van der Waals surface area contributed by atoms with Crippen LogP contribution in [0.1, 0.15) is 25.7 Å². The normalized spacial score (nSPS) is 13.7. The van der Waals surface area contributed by atoms with Crippen LogP contribution in [0.25, 0.3) is 0 Å². The summed E-state index contributed by atoms with van der Waals surface area (Å²) in [6.07, 6.45) is 0.699. The molecule has 10 N–H and O–H groups in total. The molecule has 0 saturated heterocycles. The van der Waals surface area contributed by atoms with Crippen LogP contribution in [0.15, 0.2) is 0 Å². The van der Waals surface area contributed by atoms with Crippen molar-refractivity contribution in [3.8, 4) is 0 Å². The molecule has 3 atom stereocenters. The van der Waals surface area contributed by atoms with E-state index in [1.165, 1.54) is 0 Å². The third-order valence-electron chi connectivity index (χ3n) is 3.55. The average Bonchev–Trinajstić information content (AvgIpc) is 2.62. The number of rotatable bonds is 14. The summed E-state index contributed by atoms with van der Waals surface area (Å²) >= 11 is 0. The molecule has 13 heteroatoms. The second kappa shape index (κ2) is 13.4. The van der Waals surface area contributed by atoms with Gasteiger partial charge in [0.15, 0.2) is 0 Å². The second-order valence-electron chi connectivity index (χ2n) is 5.91. The van der Waals surface area contributed by atoms with Gasteiger partial charge in [0.05, 0.1) is 19.1 Å². The zero-order chi connectivity index (χ0) is 21.7. The summed E-state index contributed by atoms with van der Waals surface area (Å²) < 4.78 is 0. The maximum atomic E-state index is 12.3. The van der Waals surface area contributed by atoms with Crippen molar-refractivity contribution in [1.29, 1.82) is 0 Å². The number of aliphatic hydroxyl groups is 1. The van der Waals surface area contributed by atoms with Crippen molar-refractivity contribution in [3.63, 3.8) is 0 Å². The van der Waals surface area contributed by atoms with E-state index >= 15 is 0 Å². The van der Waals surface area contributed by atoms with Crippen molar-refractivity contribution in [2.24, 2.45) is 11.5 Å². The summed E-state index contributed by atoms with van der Waals surface area (Å²) in [6.45, 7) is -1.19. The Balaban J connectivity index is 4.94. The van der Waals surface area contributed by atoms with Crippen molar-refractivity contribution in [3.05, 3.63) is 0 Å². The Kier molecular flexibility index (Phi) is 12.1. The van der Waals surface area contributed by atoms with Gasteiger partial charge in [-0.3, -0.25) is 24.0 Å². The molecule has 0 aromatic carbocycles. The molecule has 0 aliphatic heterocycles. The Morgan fingerprint density at radius 2 is 1.46 bits per heavy atom. The van der Waals surface area contributed by atoms with E-state index in [4.69, 9.17) is 21.7 Å². The molecular formula is C15H27N5O8. The Morgan fingerprint density at radius 1 is 0.857 bits per heavy atom. The fraction of sp³-hybridized carbons (Fsp3) is 0.667. The lowest BCUT2D eigenvalue weighted by Gasteiger charge is -2.22. The number of hydrogen-bond acceptors (Lipinski definition) is 8. The van der Waals surface area contributed by atoms with Gasteiger partial charge in [-0.05, 0) is 19.4 Å². The topological polar surface area (TPSA) is 234 Å². The molecule has 0 heterocycles. The van der Waals surface area contributed by atoms with Crippen LogP contribution in [0.3, 0.4) is 0 Å². The molecular weight excluding hydrogens is 378 g/mol. The van der Waals surface area contributed by atoms with Crippen LogP contribution in [0.5, 0.6) is 0 Å². The first-order valence-electron chi connectivity index (χ1n) is 8.50. The summed E-state index contributed by atoms with van der Waals surface area (Å²) in [5.74, 6) is -5.52. The maximum Gasteiger partial charge on any atom is 0.322 e. The number of carboxylic acids is 2. The molecule has 0 aromatic rings. The van der Waals surface area contributed by atoms with Crippen molar-refractivity contribution in [2.75, 3.05) is 19.7 Å². The number of carboxylic acid groups (broad SMARTS) is 2. The fourth-order valence-electron chi connectivity index (χ4n) is 2.05. The largest absolute Gasteiger partial charge is 0.481 e. The van der Waals surface area contributed by atoms with Gasteiger partial charge in [0.25, 0.3) is 0 Å². The summed E-state index contributed by atoms with van der Waals surface area (Å²) in [6, 6.07) is -4.06. The summed E-state index contributed by atoms with van der Waals surface area (Å²) in [5.41, 5.74) is 11.0. The second-order valence-corrected chi connectivity index (χ2v) is 5.91. The van der Waals surface area contributed by atoms with Gasteiger partial charge in [0.2, 0.25) is 17.7 Å². The highest BCUT2D eigenvalue weighted by atomic mass is 16.4. The minimum absolute atomic E-state index is 0.279. The van der Waals surface area contributed by atoms with Crippen LogP contribution in [0.2, 0.25) is 0 Å². The van der Waals surface area contributed by atoms with Crippen LogP contribution in [-0.4, -0.2) is 82.8 Å². The van der Waals surface area contributed by atoms with E-state index in [9.17, 15) is 29.1 Å². The van der Waals surface area contributed by atoms with Gasteiger partial charge < -0.3 is 42.7 Å². The molecule has 160 valence electrons. The highest BCUT2D eigenvalue weighted by Gasteiger charge is 2.29. The van der Waals surface area contributed by atoms with Crippen molar-refractivity contribution < 1.29 is 39.3 Å². The molecule has 0 bridgehead atoms. The SMILES string of the molecule is NCCCCC(N)C(=O)NC(CC(=O)O)C(=O)NC(CO)C(=O)NCC(=O)O. The third kappa shape index (κ3) is 10.4. The number of nitrogens with one attached hydrogen (secondary N) is 3. The lowest BCUT2D eigenvalue weighted by atomic mass is 10.1. The number of aliphatic carboxylic acids is 2. The molecule has 0 rings (SSSR count). The number of amides is 3. The molecule has 0 aliphatic rings. The van der Waals surface area contributed by atoms with E-state index in [2.05, 4.69) is 10.6 Å². The van der Waals surface area contributed by atoms with E-state index in [1.807, 2.05) is 5.32 Å². The maximum absolute atomic E-state index is 12.3. The molecule has 13 nitrogen and oxygen atoms in total. The Labute approximate surface area is 160 Å². The standard InChI is InChI=1S/C15H27N5O8/c16-4-2-1-3-8(17)13(26)19-9(5-11(22)23)15(28)20-10(7-21)14(27)18-6-12(24)25/h8-10,21H,1-7,16-17H2,(H,18,27)(H,19,26)(H,20,28)(H,22,23)(H,24,25). The average molecular weight is 405 g/mol. The van der Waals surface area contributed by atoms with Gasteiger partial charge in [-0.1, -0.05) is 6.42 Å². The van der Waals surface area contributed by atoms with Gasteiger partial charge >= 0.3 is 11.9 Å². The lowest BCUT2D eigenvalue weighted by Crippen LogP contribution is -2.57. The molecule has 3 amide bonds. The Hall–Kier alpha value is -2.77.